The van der Waals surface area contributed by atoms with E-state index < -0.39 is 5.91 Å². The largest absolute Gasteiger partial charge is 0.438 e. The van der Waals surface area contributed by atoms with E-state index in [1.165, 1.54) is 0 Å². The number of carbonyl (C=O) groups is 1. The van der Waals surface area contributed by atoms with E-state index >= 15 is 0 Å². The van der Waals surface area contributed by atoms with E-state index in [9.17, 15) is 4.79 Å². The highest BCUT2D eigenvalue weighted by Crippen LogP contribution is 2.26. The maximum absolute atomic E-state index is 11.3. The molecule has 2 rings (SSSR count). The Morgan fingerprint density at radius 1 is 1.26 bits per heavy atom. The molecule has 0 aliphatic heterocycles. The van der Waals surface area contributed by atoms with Crippen LogP contribution in [0.4, 0.5) is 0 Å². The number of nitrogens with two attached hydrogens (primary N) is 2. The number of carbonyl (C=O) groups excluding carboxylic acids is 1. The van der Waals surface area contributed by atoms with Crippen molar-refractivity contribution in [3.05, 3.63) is 53.2 Å². The molecule has 1 aromatic carbocycles. The van der Waals surface area contributed by atoms with Gasteiger partial charge in [-0.05, 0) is 25.1 Å². The molecule has 0 radical (unpaired) electrons. The summed E-state index contributed by atoms with van der Waals surface area (Å²) in [6.07, 6.45) is 0. The number of primary amides is 1. The summed E-state index contributed by atoms with van der Waals surface area (Å²) in [5.41, 5.74) is 12.8. The average Bonchev–Trinajstić information content (AvgIpc) is 2.39. The molecule has 0 unspecified atom stereocenters. The van der Waals surface area contributed by atoms with Crippen molar-refractivity contribution >= 4 is 5.91 Å². The van der Waals surface area contributed by atoms with Gasteiger partial charge < -0.3 is 16.2 Å². The zero-order chi connectivity index (χ0) is 13.8. The molecule has 0 bridgehead atoms. The van der Waals surface area contributed by atoms with Crippen LogP contribution in [0.5, 0.6) is 11.6 Å². The van der Waals surface area contributed by atoms with Crippen LogP contribution in [-0.2, 0) is 6.54 Å². The summed E-state index contributed by atoms with van der Waals surface area (Å²) in [5.74, 6) is 0.233. The Hall–Kier alpha value is -2.40. The lowest BCUT2D eigenvalue weighted by Gasteiger charge is -2.11. The first kappa shape index (κ1) is 13.0. The van der Waals surface area contributed by atoms with E-state index in [0.29, 0.717) is 23.7 Å². The maximum Gasteiger partial charge on any atom is 0.252 e. The summed E-state index contributed by atoms with van der Waals surface area (Å²) in [5, 5.41) is 0. The van der Waals surface area contributed by atoms with Gasteiger partial charge in [0.05, 0.1) is 5.56 Å². The van der Waals surface area contributed by atoms with Crippen LogP contribution < -0.4 is 16.2 Å². The van der Waals surface area contributed by atoms with Crippen molar-refractivity contribution in [3.8, 4) is 11.6 Å². The second-order valence-electron chi connectivity index (χ2n) is 4.08. The number of hydrogen-bond acceptors (Lipinski definition) is 4. The first-order valence-corrected chi connectivity index (χ1v) is 5.85. The van der Waals surface area contributed by atoms with Gasteiger partial charge in [0, 0.05) is 17.8 Å². The highest BCUT2D eigenvalue weighted by molar-refractivity contribution is 5.95. The fourth-order valence-corrected chi connectivity index (χ4v) is 1.67. The molecule has 0 saturated carbocycles. The normalized spacial score (nSPS) is 10.2. The van der Waals surface area contributed by atoms with Gasteiger partial charge in [-0.1, -0.05) is 18.2 Å². The molecule has 4 N–H and O–H groups in total. The van der Waals surface area contributed by atoms with Crippen LogP contribution in [0.15, 0.2) is 36.4 Å². The van der Waals surface area contributed by atoms with Crippen molar-refractivity contribution in [1.29, 1.82) is 0 Å². The van der Waals surface area contributed by atoms with Gasteiger partial charge in [0.15, 0.2) is 0 Å². The lowest BCUT2D eigenvalue weighted by Crippen LogP contribution is -2.12. The average molecular weight is 257 g/mol. The van der Waals surface area contributed by atoms with E-state index in [-0.39, 0.29) is 0 Å². The van der Waals surface area contributed by atoms with Crippen LogP contribution in [0, 0.1) is 6.92 Å². The minimum absolute atomic E-state index is 0.307. The van der Waals surface area contributed by atoms with Gasteiger partial charge in [0.25, 0.3) is 5.91 Å². The summed E-state index contributed by atoms with van der Waals surface area (Å²) in [6.45, 7) is 2.16. The van der Waals surface area contributed by atoms with E-state index in [4.69, 9.17) is 16.2 Å². The molecule has 0 aliphatic carbocycles. The summed E-state index contributed by atoms with van der Waals surface area (Å²) < 4.78 is 5.68. The van der Waals surface area contributed by atoms with E-state index in [1.54, 1.807) is 24.3 Å². The summed E-state index contributed by atoms with van der Waals surface area (Å²) in [6, 6.07) is 10.5. The molecule has 98 valence electrons. The first-order valence-electron chi connectivity index (χ1n) is 5.85. The Morgan fingerprint density at radius 3 is 2.68 bits per heavy atom. The summed E-state index contributed by atoms with van der Waals surface area (Å²) in [4.78, 5) is 15.6. The Balaban J connectivity index is 2.41. The van der Waals surface area contributed by atoms with Crippen molar-refractivity contribution in [2.45, 2.75) is 13.5 Å². The molecule has 1 amide bonds. The molecular formula is C14H15N3O2. The standard InChI is InChI=1S/C14H15N3O2/c1-9-6-7-10(8-15)14(17-9)19-12-5-3-2-4-11(12)13(16)18/h2-7H,8,15H2,1H3,(H2,16,18). The number of aryl methyl sites for hydroxylation is 1. The van der Waals surface area contributed by atoms with Crippen molar-refractivity contribution in [2.75, 3.05) is 0 Å². The van der Waals surface area contributed by atoms with Crippen molar-refractivity contribution < 1.29 is 9.53 Å². The maximum atomic E-state index is 11.3. The Labute approximate surface area is 111 Å². The molecule has 0 spiro atoms. The highest BCUT2D eigenvalue weighted by Gasteiger charge is 2.12. The molecule has 1 heterocycles. The molecule has 0 aliphatic rings. The number of rotatable bonds is 4. The van der Waals surface area contributed by atoms with Crippen LogP contribution in [0.25, 0.3) is 0 Å². The number of ether oxygens (including phenoxy) is 1. The first-order chi connectivity index (χ1) is 9.11. The topological polar surface area (TPSA) is 91.2 Å². The molecule has 0 saturated heterocycles. The van der Waals surface area contributed by atoms with Crippen molar-refractivity contribution in [3.63, 3.8) is 0 Å². The molecule has 5 heteroatoms. The molecular weight excluding hydrogens is 242 g/mol. The van der Waals surface area contributed by atoms with Gasteiger partial charge in [-0.2, -0.15) is 0 Å². The van der Waals surface area contributed by atoms with Gasteiger partial charge in [-0.15, -0.1) is 0 Å². The third-order valence-corrected chi connectivity index (χ3v) is 2.66. The molecule has 0 atom stereocenters. The van der Waals surface area contributed by atoms with E-state index in [0.717, 1.165) is 11.3 Å². The second kappa shape index (κ2) is 5.49. The smallest absolute Gasteiger partial charge is 0.252 e. The SMILES string of the molecule is Cc1ccc(CN)c(Oc2ccccc2C(N)=O)n1. The van der Waals surface area contributed by atoms with Gasteiger partial charge in [0.1, 0.15) is 5.75 Å². The van der Waals surface area contributed by atoms with Crippen LogP contribution in [-0.4, -0.2) is 10.9 Å². The number of aromatic nitrogens is 1. The Bertz CT molecular complexity index is 611. The van der Waals surface area contributed by atoms with Crippen LogP contribution >= 0.6 is 0 Å². The number of amides is 1. The fraction of sp³-hybridized carbons (Fsp3) is 0.143. The number of para-hydroxylation sites is 1. The molecule has 2 aromatic rings. The van der Waals surface area contributed by atoms with Gasteiger partial charge in [-0.25, -0.2) is 4.98 Å². The minimum atomic E-state index is -0.544. The van der Waals surface area contributed by atoms with Crippen LogP contribution in [0.3, 0.4) is 0 Å². The second-order valence-corrected chi connectivity index (χ2v) is 4.08. The van der Waals surface area contributed by atoms with Gasteiger partial charge in [0.2, 0.25) is 5.88 Å². The molecule has 19 heavy (non-hydrogen) atoms. The summed E-state index contributed by atoms with van der Waals surface area (Å²) >= 11 is 0. The van der Waals surface area contributed by atoms with E-state index in [1.807, 2.05) is 19.1 Å². The van der Waals surface area contributed by atoms with E-state index in [2.05, 4.69) is 4.98 Å². The van der Waals surface area contributed by atoms with Crippen molar-refractivity contribution in [2.24, 2.45) is 11.5 Å². The van der Waals surface area contributed by atoms with Gasteiger partial charge >= 0.3 is 0 Å². The van der Waals surface area contributed by atoms with Crippen LogP contribution in [0.2, 0.25) is 0 Å². The lowest BCUT2D eigenvalue weighted by molar-refractivity contribution is 0.0998. The highest BCUT2D eigenvalue weighted by atomic mass is 16.5. The zero-order valence-electron chi connectivity index (χ0n) is 10.6. The Morgan fingerprint density at radius 2 is 2.00 bits per heavy atom. The summed E-state index contributed by atoms with van der Waals surface area (Å²) in [7, 11) is 0. The number of pyridine rings is 1. The van der Waals surface area contributed by atoms with Crippen molar-refractivity contribution in [1.82, 2.24) is 4.98 Å². The molecule has 0 fully saturated rings. The monoisotopic (exact) mass is 257 g/mol. The quantitative estimate of drug-likeness (QED) is 0.872. The van der Waals surface area contributed by atoms with Crippen LogP contribution in [0.1, 0.15) is 21.6 Å². The molecule has 5 nitrogen and oxygen atoms in total. The molecule has 1 aromatic heterocycles. The lowest BCUT2D eigenvalue weighted by atomic mass is 10.2. The fourth-order valence-electron chi connectivity index (χ4n) is 1.67. The van der Waals surface area contributed by atoms with Gasteiger partial charge in [-0.3, -0.25) is 4.79 Å². The number of hydrogen-bond donors (Lipinski definition) is 2. The third-order valence-electron chi connectivity index (χ3n) is 2.66. The predicted molar refractivity (Wildman–Crippen MR) is 71.9 cm³/mol. The number of nitrogens with zero attached hydrogens (tertiary/aromatic N) is 1. The Kier molecular flexibility index (Phi) is 3.77. The third kappa shape index (κ3) is 2.89. The number of benzene rings is 1. The zero-order valence-corrected chi connectivity index (χ0v) is 10.6. The minimum Gasteiger partial charge on any atom is -0.438 e. The predicted octanol–water partition coefficient (Wildman–Crippen LogP) is 1.74.